The fraction of sp³-hybridized carbons (Fsp3) is 0.308. The Bertz CT molecular complexity index is 1090. The second-order valence-electron chi connectivity index (χ2n) is 8.29. The van der Waals surface area contributed by atoms with E-state index in [0.29, 0.717) is 30.2 Å². The van der Waals surface area contributed by atoms with Crippen LogP contribution < -0.4 is 16.0 Å². The molecule has 1 aliphatic carbocycles. The van der Waals surface area contributed by atoms with Crippen molar-refractivity contribution >= 4 is 23.3 Å². The average molecular weight is 444 g/mol. The van der Waals surface area contributed by atoms with Gasteiger partial charge in [0.2, 0.25) is 5.91 Å². The number of nitrogens with zero attached hydrogens (tertiary/aromatic N) is 2. The fourth-order valence-corrected chi connectivity index (χ4v) is 4.44. The Labute approximate surface area is 194 Å². The first-order valence-electron chi connectivity index (χ1n) is 11.4. The molecule has 0 saturated heterocycles. The Hall–Kier alpha value is -3.74. The van der Waals surface area contributed by atoms with Gasteiger partial charge in [-0.3, -0.25) is 14.6 Å². The van der Waals surface area contributed by atoms with Gasteiger partial charge in [0.05, 0.1) is 11.0 Å². The Morgan fingerprint density at radius 3 is 2.39 bits per heavy atom. The molecule has 0 spiro atoms. The van der Waals surface area contributed by atoms with E-state index in [-0.39, 0.29) is 11.8 Å². The van der Waals surface area contributed by atoms with Crippen LogP contribution in [0.1, 0.15) is 54.1 Å². The highest BCUT2D eigenvalue weighted by atomic mass is 16.2. The van der Waals surface area contributed by atoms with E-state index < -0.39 is 5.41 Å². The SMILES string of the molecule is CCNC(=O)C1(c2ccc(NC(=O)c3cccnc3NCc3ccncc3)cc2)CCCC1. The number of amides is 2. The highest BCUT2D eigenvalue weighted by molar-refractivity contribution is 6.07. The maximum Gasteiger partial charge on any atom is 0.259 e. The van der Waals surface area contributed by atoms with Crippen molar-refractivity contribution in [1.29, 1.82) is 0 Å². The Morgan fingerprint density at radius 1 is 0.970 bits per heavy atom. The fourth-order valence-electron chi connectivity index (χ4n) is 4.44. The molecule has 1 saturated carbocycles. The number of pyridine rings is 2. The summed E-state index contributed by atoms with van der Waals surface area (Å²) in [6.07, 6.45) is 8.92. The van der Waals surface area contributed by atoms with Gasteiger partial charge in [-0.1, -0.05) is 25.0 Å². The Morgan fingerprint density at radius 2 is 1.70 bits per heavy atom. The number of hydrogen-bond donors (Lipinski definition) is 3. The van der Waals surface area contributed by atoms with E-state index in [4.69, 9.17) is 0 Å². The normalized spacial score (nSPS) is 14.5. The lowest BCUT2D eigenvalue weighted by molar-refractivity contribution is -0.126. The first-order chi connectivity index (χ1) is 16.1. The predicted molar refractivity (Wildman–Crippen MR) is 129 cm³/mol. The van der Waals surface area contributed by atoms with Crippen LogP contribution in [0.15, 0.2) is 67.1 Å². The summed E-state index contributed by atoms with van der Waals surface area (Å²) in [6.45, 7) is 3.10. The number of carbonyl (C=O) groups excluding carboxylic acids is 2. The maximum atomic E-state index is 13.0. The minimum atomic E-state index is -0.466. The van der Waals surface area contributed by atoms with Gasteiger partial charge < -0.3 is 16.0 Å². The molecule has 1 aromatic carbocycles. The summed E-state index contributed by atoms with van der Waals surface area (Å²) >= 11 is 0. The number of likely N-dealkylation sites (N-methyl/N-ethyl adjacent to an activating group) is 1. The summed E-state index contributed by atoms with van der Waals surface area (Å²) in [5.74, 6) is 0.372. The minimum absolute atomic E-state index is 0.0968. The molecule has 0 unspecified atom stereocenters. The lowest BCUT2D eigenvalue weighted by Gasteiger charge is -2.28. The maximum absolute atomic E-state index is 13.0. The summed E-state index contributed by atoms with van der Waals surface area (Å²) in [5.41, 5.74) is 2.73. The number of carbonyl (C=O) groups is 2. The summed E-state index contributed by atoms with van der Waals surface area (Å²) in [5, 5.41) is 9.18. The second-order valence-corrected chi connectivity index (χ2v) is 8.29. The largest absolute Gasteiger partial charge is 0.365 e. The zero-order chi connectivity index (χ0) is 23.1. The number of nitrogens with one attached hydrogen (secondary N) is 3. The number of aromatic nitrogens is 2. The van der Waals surface area contributed by atoms with Crippen LogP contribution in [0.2, 0.25) is 0 Å². The monoisotopic (exact) mass is 443 g/mol. The van der Waals surface area contributed by atoms with Gasteiger partial charge in [0.25, 0.3) is 5.91 Å². The van der Waals surface area contributed by atoms with Gasteiger partial charge in [-0.25, -0.2) is 4.98 Å². The molecule has 4 rings (SSSR count). The van der Waals surface area contributed by atoms with Crippen molar-refractivity contribution in [2.75, 3.05) is 17.2 Å². The van der Waals surface area contributed by atoms with E-state index in [1.807, 2.05) is 43.3 Å². The summed E-state index contributed by atoms with van der Waals surface area (Å²) in [7, 11) is 0. The van der Waals surface area contributed by atoms with E-state index in [1.165, 1.54) is 0 Å². The first kappa shape index (κ1) is 22.5. The zero-order valence-electron chi connectivity index (χ0n) is 18.8. The van der Waals surface area contributed by atoms with Gasteiger partial charge in [0.15, 0.2) is 0 Å². The van der Waals surface area contributed by atoms with Crippen molar-refractivity contribution in [3.8, 4) is 0 Å². The van der Waals surface area contributed by atoms with Crippen LogP contribution in [0.4, 0.5) is 11.5 Å². The zero-order valence-corrected chi connectivity index (χ0v) is 18.8. The minimum Gasteiger partial charge on any atom is -0.365 e. The van der Waals surface area contributed by atoms with E-state index in [2.05, 4.69) is 25.9 Å². The smallest absolute Gasteiger partial charge is 0.259 e. The molecule has 2 heterocycles. The lowest BCUT2D eigenvalue weighted by atomic mass is 9.78. The second kappa shape index (κ2) is 10.3. The molecule has 1 fully saturated rings. The molecule has 7 nitrogen and oxygen atoms in total. The topological polar surface area (TPSA) is 96.0 Å². The molecule has 3 N–H and O–H groups in total. The molecule has 33 heavy (non-hydrogen) atoms. The van der Waals surface area contributed by atoms with Crippen LogP contribution in [0.5, 0.6) is 0 Å². The molecule has 0 radical (unpaired) electrons. The third kappa shape index (κ3) is 5.03. The highest BCUT2D eigenvalue weighted by Crippen LogP contribution is 2.41. The van der Waals surface area contributed by atoms with Crippen molar-refractivity contribution in [3.63, 3.8) is 0 Å². The first-order valence-corrected chi connectivity index (χ1v) is 11.4. The standard InChI is InChI=1S/C26H29N5O2/c1-2-28-25(33)26(13-3-4-14-26)20-7-9-21(10-8-20)31-24(32)22-6-5-15-29-23(22)30-18-19-11-16-27-17-12-19/h5-12,15-17H,2-4,13-14,18H2,1H3,(H,28,33)(H,29,30)(H,31,32). The molecular weight excluding hydrogens is 414 g/mol. The van der Waals surface area contributed by atoms with Crippen LogP contribution in [0, 0.1) is 0 Å². The molecule has 3 aromatic rings. The molecule has 0 atom stereocenters. The predicted octanol–water partition coefficient (Wildman–Crippen LogP) is 4.29. The van der Waals surface area contributed by atoms with Crippen LogP contribution in [0.3, 0.4) is 0 Å². The van der Waals surface area contributed by atoms with Gasteiger partial charge >= 0.3 is 0 Å². The van der Waals surface area contributed by atoms with Crippen molar-refractivity contribution in [2.45, 2.75) is 44.6 Å². The van der Waals surface area contributed by atoms with E-state index in [0.717, 1.165) is 36.8 Å². The van der Waals surface area contributed by atoms with Crippen molar-refractivity contribution in [2.24, 2.45) is 0 Å². The number of hydrogen-bond acceptors (Lipinski definition) is 5. The van der Waals surface area contributed by atoms with Crippen molar-refractivity contribution in [3.05, 3.63) is 83.8 Å². The molecule has 0 aliphatic heterocycles. The summed E-state index contributed by atoms with van der Waals surface area (Å²) in [4.78, 5) is 34.2. The summed E-state index contributed by atoms with van der Waals surface area (Å²) in [6, 6.07) is 15.0. The van der Waals surface area contributed by atoms with Gasteiger partial charge in [-0.05, 0) is 67.3 Å². The molecular formula is C26H29N5O2. The molecule has 170 valence electrons. The van der Waals surface area contributed by atoms with E-state index in [1.54, 1.807) is 30.7 Å². The van der Waals surface area contributed by atoms with Crippen molar-refractivity contribution in [1.82, 2.24) is 15.3 Å². The summed E-state index contributed by atoms with van der Waals surface area (Å²) < 4.78 is 0. The molecule has 2 aromatic heterocycles. The Kier molecular flexibility index (Phi) is 6.98. The highest BCUT2D eigenvalue weighted by Gasteiger charge is 2.42. The van der Waals surface area contributed by atoms with Crippen LogP contribution in [-0.2, 0) is 16.8 Å². The van der Waals surface area contributed by atoms with E-state index >= 15 is 0 Å². The van der Waals surface area contributed by atoms with Gasteiger partial charge in [0, 0.05) is 37.4 Å². The average Bonchev–Trinajstić information content (AvgIpc) is 3.35. The van der Waals surface area contributed by atoms with Gasteiger partial charge in [-0.2, -0.15) is 0 Å². The number of benzene rings is 1. The number of rotatable bonds is 8. The lowest BCUT2D eigenvalue weighted by Crippen LogP contribution is -2.42. The van der Waals surface area contributed by atoms with Crippen LogP contribution >= 0.6 is 0 Å². The molecule has 0 bridgehead atoms. The number of anilines is 2. The third-order valence-electron chi connectivity index (χ3n) is 6.19. The van der Waals surface area contributed by atoms with Crippen LogP contribution in [-0.4, -0.2) is 28.3 Å². The van der Waals surface area contributed by atoms with Crippen molar-refractivity contribution < 1.29 is 9.59 Å². The van der Waals surface area contributed by atoms with Crippen LogP contribution in [0.25, 0.3) is 0 Å². The third-order valence-corrected chi connectivity index (χ3v) is 6.19. The molecule has 2 amide bonds. The van der Waals surface area contributed by atoms with E-state index in [9.17, 15) is 9.59 Å². The van der Waals surface area contributed by atoms with Gasteiger partial charge in [-0.15, -0.1) is 0 Å². The molecule has 7 heteroatoms. The van der Waals surface area contributed by atoms with Gasteiger partial charge in [0.1, 0.15) is 5.82 Å². The quantitative estimate of drug-likeness (QED) is 0.483. The Balaban J connectivity index is 1.47. The molecule has 1 aliphatic rings.